The van der Waals surface area contributed by atoms with E-state index < -0.39 is 0 Å². The summed E-state index contributed by atoms with van der Waals surface area (Å²) in [6.07, 6.45) is 6.58. The fourth-order valence-corrected chi connectivity index (χ4v) is 5.83. The number of hydrogen-bond acceptors (Lipinski definition) is 0. The first-order valence-electron chi connectivity index (χ1n) is 13.5. The smallest absolute Gasteiger partial charge is 0.00465 e. The van der Waals surface area contributed by atoms with Crippen molar-refractivity contribution in [2.75, 3.05) is 0 Å². The van der Waals surface area contributed by atoms with E-state index in [-0.39, 0.29) is 0 Å². The van der Waals surface area contributed by atoms with Gasteiger partial charge in [-0.2, -0.15) is 0 Å². The predicted octanol–water partition coefficient (Wildman–Crippen LogP) is 9.12. The lowest BCUT2D eigenvalue weighted by atomic mass is 9.71. The van der Waals surface area contributed by atoms with Gasteiger partial charge in [0.05, 0.1) is 0 Å². The molecule has 0 saturated heterocycles. The molecule has 0 nitrogen and oxygen atoms in total. The average molecular weight is 461 g/mol. The molecule has 0 spiro atoms. The third-order valence-corrected chi connectivity index (χ3v) is 7.50. The number of rotatable bonds is 11. The lowest BCUT2D eigenvalue weighted by Crippen LogP contribution is -2.20. The Bertz CT molecular complexity index is 1170. The van der Waals surface area contributed by atoms with E-state index in [1.54, 1.807) is 11.1 Å². The van der Waals surface area contributed by atoms with Crippen molar-refractivity contribution in [2.45, 2.75) is 71.1 Å². The fourth-order valence-electron chi connectivity index (χ4n) is 5.83. The van der Waals surface area contributed by atoms with Crippen LogP contribution in [-0.2, 0) is 32.1 Å². The second-order valence-corrected chi connectivity index (χ2v) is 9.73. The molecule has 180 valence electrons. The zero-order valence-electron chi connectivity index (χ0n) is 21.7. The minimum atomic E-state index is 0.414. The van der Waals surface area contributed by atoms with Crippen LogP contribution in [0.2, 0.25) is 0 Å². The van der Waals surface area contributed by atoms with Crippen molar-refractivity contribution < 1.29 is 0 Å². The monoisotopic (exact) mass is 460 g/mol. The molecule has 0 amide bonds. The number of hydrogen-bond donors (Lipinski definition) is 0. The van der Waals surface area contributed by atoms with E-state index >= 15 is 0 Å². The molecular formula is C35H40. The van der Waals surface area contributed by atoms with Crippen molar-refractivity contribution in [3.63, 3.8) is 0 Å². The van der Waals surface area contributed by atoms with E-state index in [2.05, 4.69) is 124 Å². The Morgan fingerprint density at radius 2 is 1.00 bits per heavy atom. The zero-order valence-corrected chi connectivity index (χ0v) is 21.7. The Morgan fingerprint density at radius 1 is 0.486 bits per heavy atom. The molecule has 2 unspecified atom stereocenters. The van der Waals surface area contributed by atoms with Crippen LogP contribution < -0.4 is 0 Å². The summed E-state index contributed by atoms with van der Waals surface area (Å²) in [5, 5.41) is 0. The molecule has 0 heterocycles. The fraction of sp³-hybridized carbons (Fsp3) is 0.314. The molecule has 0 fully saturated rings. The summed E-state index contributed by atoms with van der Waals surface area (Å²) < 4.78 is 0. The van der Waals surface area contributed by atoms with E-state index in [1.807, 2.05) is 0 Å². The Kier molecular flexibility index (Phi) is 8.96. The Balaban J connectivity index is 1.91. The molecule has 0 radical (unpaired) electrons. The maximum absolute atomic E-state index is 2.42. The molecule has 2 atom stereocenters. The minimum absolute atomic E-state index is 0.414. The Morgan fingerprint density at radius 3 is 1.57 bits per heavy atom. The van der Waals surface area contributed by atoms with Crippen LogP contribution in [0.15, 0.2) is 103 Å². The summed E-state index contributed by atoms with van der Waals surface area (Å²) in [5.74, 6) is 0.829. The summed E-state index contributed by atoms with van der Waals surface area (Å²) in [5.41, 5.74) is 10.5. The van der Waals surface area contributed by atoms with Gasteiger partial charge in [0.2, 0.25) is 0 Å². The topological polar surface area (TPSA) is 0 Å². The molecule has 0 saturated carbocycles. The molecular weight excluding hydrogens is 420 g/mol. The van der Waals surface area contributed by atoms with Crippen LogP contribution in [0.5, 0.6) is 0 Å². The third-order valence-electron chi connectivity index (χ3n) is 7.50. The molecule has 4 rings (SSSR count). The third kappa shape index (κ3) is 6.12. The van der Waals surface area contributed by atoms with Crippen LogP contribution in [-0.4, -0.2) is 0 Å². The largest absolute Gasteiger partial charge is 0.0651 e. The highest BCUT2D eigenvalue weighted by molar-refractivity contribution is 5.43. The van der Waals surface area contributed by atoms with E-state index in [0.29, 0.717) is 11.8 Å². The quantitative estimate of drug-likeness (QED) is 0.209. The second-order valence-electron chi connectivity index (χ2n) is 9.73. The van der Waals surface area contributed by atoms with Crippen molar-refractivity contribution in [1.82, 2.24) is 0 Å². The summed E-state index contributed by atoms with van der Waals surface area (Å²) in [6.45, 7) is 6.92. The van der Waals surface area contributed by atoms with E-state index in [4.69, 9.17) is 0 Å². The molecule has 0 N–H and O–H groups in total. The van der Waals surface area contributed by atoms with Gasteiger partial charge in [0.1, 0.15) is 0 Å². The van der Waals surface area contributed by atoms with Crippen LogP contribution in [0.1, 0.15) is 78.0 Å². The first kappa shape index (κ1) is 25.0. The predicted molar refractivity (Wildman–Crippen MR) is 151 cm³/mol. The Labute approximate surface area is 213 Å². The van der Waals surface area contributed by atoms with Gasteiger partial charge in [-0.25, -0.2) is 0 Å². The molecule has 4 aromatic rings. The second kappa shape index (κ2) is 12.5. The Hall–Kier alpha value is -3.12. The summed E-state index contributed by atoms with van der Waals surface area (Å²) in [6, 6.07) is 38.5. The lowest BCUT2D eigenvalue weighted by molar-refractivity contribution is 0.523. The van der Waals surface area contributed by atoms with Gasteiger partial charge in [-0.1, -0.05) is 130 Å². The maximum atomic E-state index is 2.42. The van der Waals surface area contributed by atoms with E-state index in [9.17, 15) is 0 Å². The van der Waals surface area contributed by atoms with Crippen molar-refractivity contribution in [3.05, 3.63) is 142 Å². The lowest BCUT2D eigenvalue weighted by Gasteiger charge is -2.32. The van der Waals surface area contributed by atoms with Gasteiger partial charge in [0.25, 0.3) is 0 Å². The molecule has 0 aliphatic carbocycles. The standard InChI is InChI=1S/C35H40/c1-4-16-30-21-13-14-23-32(30)34(25-27-17-9-7-10-18-27)35(26-28-19-11-8-12-20-28)33-24-15-22-29(5-2)31(33)6-3/h7-15,17-24,34-35H,4-6,16,25-26H2,1-3H3. The van der Waals surface area contributed by atoms with Crippen LogP contribution in [0, 0.1) is 0 Å². The van der Waals surface area contributed by atoms with Gasteiger partial charge < -0.3 is 0 Å². The summed E-state index contributed by atoms with van der Waals surface area (Å²) in [4.78, 5) is 0. The van der Waals surface area contributed by atoms with Crippen molar-refractivity contribution in [3.8, 4) is 0 Å². The highest BCUT2D eigenvalue weighted by atomic mass is 14.3. The van der Waals surface area contributed by atoms with Gasteiger partial charge in [-0.15, -0.1) is 0 Å². The summed E-state index contributed by atoms with van der Waals surface area (Å²) >= 11 is 0. The molecule has 35 heavy (non-hydrogen) atoms. The molecule has 0 heteroatoms. The first-order chi connectivity index (χ1) is 17.2. The van der Waals surface area contributed by atoms with Gasteiger partial charge in [-0.3, -0.25) is 0 Å². The molecule has 0 aliphatic rings. The SMILES string of the molecule is CCCc1ccccc1C(Cc1ccccc1)C(Cc1ccccc1)c1cccc(CC)c1CC. The van der Waals surface area contributed by atoms with Crippen LogP contribution in [0.4, 0.5) is 0 Å². The maximum Gasteiger partial charge on any atom is -0.00465 e. The van der Waals surface area contributed by atoms with Crippen molar-refractivity contribution >= 4 is 0 Å². The van der Waals surface area contributed by atoms with Crippen LogP contribution in [0.3, 0.4) is 0 Å². The summed E-state index contributed by atoms with van der Waals surface area (Å²) in [7, 11) is 0. The molecule has 4 aromatic carbocycles. The highest BCUT2D eigenvalue weighted by Crippen LogP contribution is 2.42. The highest BCUT2D eigenvalue weighted by Gasteiger charge is 2.29. The van der Waals surface area contributed by atoms with Gasteiger partial charge >= 0.3 is 0 Å². The minimum Gasteiger partial charge on any atom is -0.0651 e. The van der Waals surface area contributed by atoms with Crippen molar-refractivity contribution in [1.29, 1.82) is 0 Å². The normalized spacial score (nSPS) is 12.9. The number of aryl methyl sites for hydroxylation is 2. The van der Waals surface area contributed by atoms with Gasteiger partial charge in [0, 0.05) is 0 Å². The average Bonchev–Trinajstić information content (AvgIpc) is 2.92. The molecule has 0 aliphatic heterocycles. The van der Waals surface area contributed by atoms with Gasteiger partial charge in [0.15, 0.2) is 0 Å². The molecule has 0 bridgehead atoms. The molecule has 0 aromatic heterocycles. The van der Waals surface area contributed by atoms with Gasteiger partial charge in [-0.05, 0) is 82.9 Å². The van der Waals surface area contributed by atoms with E-state index in [0.717, 1.165) is 32.1 Å². The van der Waals surface area contributed by atoms with Crippen molar-refractivity contribution in [2.24, 2.45) is 0 Å². The van der Waals surface area contributed by atoms with Crippen LogP contribution in [0.25, 0.3) is 0 Å². The van der Waals surface area contributed by atoms with Crippen LogP contribution >= 0.6 is 0 Å². The number of benzene rings is 4. The van der Waals surface area contributed by atoms with E-state index in [1.165, 1.54) is 34.2 Å². The first-order valence-corrected chi connectivity index (χ1v) is 13.5. The zero-order chi connectivity index (χ0) is 24.5.